The lowest BCUT2D eigenvalue weighted by Gasteiger charge is -2.25. The smallest absolute Gasteiger partial charge is 0.326 e. The molecule has 0 bridgehead atoms. The molecule has 2 aromatic carbocycles. The van der Waals surface area contributed by atoms with Gasteiger partial charge < -0.3 is 47.6 Å². The first-order valence-electron chi connectivity index (χ1n) is 14.9. The summed E-state index contributed by atoms with van der Waals surface area (Å²) in [6.07, 6.45) is 2.19. The van der Waals surface area contributed by atoms with Gasteiger partial charge in [-0.1, -0.05) is 36.4 Å². The molecule has 0 fully saturated rings. The van der Waals surface area contributed by atoms with Gasteiger partial charge in [0.1, 0.15) is 18.1 Å². The zero-order valence-corrected chi connectivity index (χ0v) is 25.3. The highest BCUT2D eigenvalue weighted by atomic mass is 16.4. The second-order valence-corrected chi connectivity index (χ2v) is 11.2. The van der Waals surface area contributed by atoms with Crippen molar-refractivity contribution in [1.82, 2.24) is 25.9 Å². The maximum absolute atomic E-state index is 13.9. The van der Waals surface area contributed by atoms with Crippen molar-refractivity contribution >= 4 is 57.4 Å². The number of hydrogen-bond acceptors (Lipinski definition) is 7. The first-order chi connectivity index (χ1) is 22.4. The number of benzene rings is 2. The normalized spacial score (nSPS) is 13.7. The fraction of sp³-hybridized carbons (Fsp3) is 0.312. The number of nitrogens with one attached hydrogen (secondary N) is 5. The maximum Gasteiger partial charge on any atom is 0.326 e. The number of fused-ring (bicyclic) bond motifs is 2. The number of primary amides is 1. The van der Waals surface area contributed by atoms with Crippen molar-refractivity contribution < 1.29 is 39.0 Å². The summed E-state index contributed by atoms with van der Waals surface area (Å²) in [6.45, 7) is 0. The van der Waals surface area contributed by atoms with Crippen molar-refractivity contribution in [3.63, 3.8) is 0 Å². The molecule has 0 spiro atoms. The number of nitrogens with two attached hydrogens (primary N) is 2. The number of carboxylic acids is 2. The fourth-order valence-electron chi connectivity index (χ4n) is 5.24. The number of amides is 4. The molecule has 4 amide bonds. The van der Waals surface area contributed by atoms with Crippen LogP contribution in [0.5, 0.6) is 0 Å². The van der Waals surface area contributed by atoms with Crippen LogP contribution in [0.4, 0.5) is 0 Å². The molecular weight excluding hydrogens is 610 g/mol. The van der Waals surface area contributed by atoms with Crippen molar-refractivity contribution in [2.45, 2.75) is 62.7 Å². The van der Waals surface area contributed by atoms with Crippen molar-refractivity contribution in [3.05, 3.63) is 72.1 Å². The molecule has 4 atom stereocenters. The molecule has 15 nitrogen and oxygen atoms in total. The number of aromatic amines is 2. The van der Waals surface area contributed by atoms with Crippen molar-refractivity contribution in [3.8, 4) is 0 Å². The van der Waals surface area contributed by atoms with E-state index in [9.17, 15) is 33.9 Å². The van der Waals surface area contributed by atoms with E-state index in [0.29, 0.717) is 11.1 Å². The number of carboxylic acid groups (broad SMARTS) is 2. The Labute approximate surface area is 268 Å². The minimum Gasteiger partial charge on any atom is -0.481 e. The molecule has 47 heavy (non-hydrogen) atoms. The van der Waals surface area contributed by atoms with Crippen LogP contribution < -0.4 is 27.4 Å². The first kappa shape index (κ1) is 34.2. The standard InChI is InChI=1S/C32H37N7O8/c33-21(9-11-27(34)40)29(43)38-25(13-17-15-35-22-7-3-1-5-19(17)22)31(45)39-26(14-18-16-36-23-8-4-2-6-20(18)23)30(44)37-24(32(46)47)10-12-28(41)42/h1-8,15-16,21,24-26,35-36H,9-14,33H2,(H2,34,40)(H,37,44)(H,38,43)(H,39,45)(H,41,42)(H,46,47). The second-order valence-electron chi connectivity index (χ2n) is 11.2. The Morgan fingerprint density at radius 2 is 1.13 bits per heavy atom. The molecular formula is C32H37N7O8. The van der Waals surface area contributed by atoms with E-state index in [0.717, 1.165) is 21.8 Å². The Balaban J connectivity index is 1.63. The molecule has 248 valence electrons. The average Bonchev–Trinajstić information content (AvgIpc) is 3.64. The van der Waals surface area contributed by atoms with E-state index in [1.807, 2.05) is 42.5 Å². The second kappa shape index (κ2) is 15.5. The lowest BCUT2D eigenvalue weighted by atomic mass is 10.0. The number of H-pyrrole nitrogens is 2. The van der Waals surface area contributed by atoms with Gasteiger partial charge in [-0.05, 0) is 36.1 Å². The number of rotatable bonds is 17. The molecule has 4 aromatic rings. The first-order valence-corrected chi connectivity index (χ1v) is 14.9. The molecule has 15 heteroatoms. The summed E-state index contributed by atoms with van der Waals surface area (Å²) in [5.41, 5.74) is 14.1. The van der Waals surface area contributed by atoms with Gasteiger partial charge in [0.15, 0.2) is 0 Å². The Hall–Kier alpha value is -5.70. The van der Waals surface area contributed by atoms with Crippen molar-refractivity contribution in [1.29, 1.82) is 0 Å². The van der Waals surface area contributed by atoms with Crippen LogP contribution in [0.2, 0.25) is 0 Å². The molecule has 0 aliphatic rings. The molecule has 0 saturated heterocycles. The van der Waals surface area contributed by atoms with E-state index >= 15 is 0 Å². The lowest BCUT2D eigenvalue weighted by molar-refractivity contribution is -0.143. The van der Waals surface area contributed by atoms with Crippen LogP contribution in [0.25, 0.3) is 21.8 Å². The summed E-state index contributed by atoms with van der Waals surface area (Å²) >= 11 is 0. The Morgan fingerprint density at radius 1 is 0.660 bits per heavy atom. The Kier molecular flexibility index (Phi) is 11.3. The number of para-hydroxylation sites is 2. The van der Waals surface area contributed by atoms with Gasteiger partial charge in [0.25, 0.3) is 0 Å². The third kappa shape index (κ3) is 9.17. The van der Waals surface area contributed by atoms with Gasteiger partial charge in [-0.3, -0.25) is 24.0 Å². The minimum atomic E-state index is -1.54. The van der Waals surface area contributed by atoms with Crippen LogP contribution in [0.15, 0.2) is 60.9 Å². The monoisotopic (exact) mass is 647 g/mol. The number of aliphatic carboxylic acids is 2. The fourth-order valence-corrected chi connectivity index (χ4v) is 5.24. The number of hydrogen-bond donors (Lipinski definition) is 9. The highest BCUT2D eigenvalue weighted by molar-refractivity contribution is 5.95. The highest BCUT2D eigenvalue weighted by Gasteiger charge is 2.32. The SMILES string of the molecule is NC(=O)CCC(N)C(=O)NC(Cc1c[nH]c2ccccc12)C(=O)NC(Cc1c[nH]c2ccccc12)C(=O)NC(CCC(=O)O)C(=O)O. The average molecular weight is 648 g/mol. The molecule has 2 aromatic heterocycles. The van der Waals surface area contributed by atoms with Gasteiger partial charge in [-0.25, -0.2) is 4.79 Å². The van der Waals surface area contributed by atoms with E-state index < -0.39 is 66.2 Å². The Bertz CT molecular complexity index is 1780. The van der Waals surface area contributed by atoms with Crippen LogP contribution in [0.3, 0.4) is 0 Å². The van der Waals surface area contributed by atoms with Crippen LogP contribution in [0.1, 0.15) is 36.8 Å². The third-order valence-electron chi connectivity index (χ3n) is 7.76. The van der Waals surface area contributed by atoms with E-state index in [-0.39, 0.29) is 32.1 Å². The summed E-state index contributed by atoms with van der Waals surface area (Å²) in [5, 5.41) is 27.9. The third-order valence-corrected chi connectivity index (χ3v) is 7.76. The molecule has 2 heterocycles. The van der Waals surface area contributed by atoms with Gasteiger partial charge in [0.2, 0.25) is 23.6 Å². The van der Waals surface area contributed by atoms with E-state index in [4.69, 9.17) is 16.6 Å². The molecule has 0 aliphatic carbocycles. The quantitative estimate of drug-likeness (QED) is 0.0768. The van der Waals surface area contributed by atoms with Crippen molar-refractivity contribution in [2.75, 3.05) is 0 Å². The van der Waals surface area contributed by atoms with Crippen molar-refractivity contribution in [2.24, 2.45) is 11.5 Å². The summed E-state index contributed by atoms with van der Waals surface area (Å²) in [4.78, 5) is 81.0. The zero-order chi connectivity index (χ0) is 34.1. The summed E-state index contributed by atoms with van der Waals surface area (Å²) < 4.78 is 0. The summed E-state index contributed by atoms with van der Waals surface area (Å²) in [6, 6.07) is 9.33. The summed E-state index contributed by atoms with van der Waals surface area (Å²) in [5.74, 6) is -5.66. The molecule has 0 aliphatic heterocycles. The van der Waals surface area contributed by atoms with Gasteiger partial charge in [-0.2, -0.15) is 0 Å². The number of aromatic nitrogens is 2. The van der Waals surface area contributed by atoms with Gasteiger partial charge in [0, 0.05) is 59.9 Å². The molecule has 0 radical (unpaired) electrons. The van der Waals surface area contributed by atoms with Crippen LogP contribution in [-0.2, 0) is 41.6 Å². The molecule has 4 rings (SSSR count). The molecule has 0 saturated carbocycles. The predicted molar refractivity (Wildman–Crippen MR) is 171 cm³/mol. The Morgan fingerprint density at radius 3 is 1.60 bits per heavy atom. The van der Waals surface area contributed by atoms with E-state index in [1.54, 1.807) is 18.5 Å². The number of carbonyl (C=O) groups excluding carboxylic acids is 4. The maximum atomic E-state index is 13.9. The van der Waals surface area contributed by atoms with Crippen LogP contribution >= 0.6 is 0 Å². The predicted octanol–water partition coefficient (Wildman–Crippen LogP) is 0.431. The lowest BCUT2D eigenvalue weighted by Crippen LogP contribution is -2.58. The number of carbonyl (C=O) groups is 6. The molecule has 11 N–H and O–H groups in total. The van der Waals surface area contributed by atoms with Gasteiger partial charge in [0.05, 0.1) is 6.04 Å². The van der Waals surface area contributed by atoms with Crippen LogP contribution in [-0.4, -0.2) is 79.9 Å². The van der Waals surface area contributed by atoms with Crippen LogP contribution in [0, 0.1) is 0 Å². The van der Waals surface area contributed by atoms with E-state index in [1.165, 1.54) is 0 Å². The molecule has 4 unspecified atom stereocenters. The van der Waals surface area contributed by atoms with E-state index in [2.05, 4.69) is 25.9 Å². The zero-order valence-electron chi connectivity index (χ0n) is 25.3. The largest absolute Gasteiger partial charge is 0.481 e. The van der Waals surface area contributed by atoms with Gasteiger partial charge >= 0.3 is 11.9 Å². The highest BCUT2D eigenvalue weighted by Crippen LogP contribution is 2.21. The topological polar surface area (TPSA) is 263 Å². The van der Waals surface area contributed by atoms with Gasteiger partial charge in [-0.15, -0.1) is 0 Å². The minimum absolute atomic E-state index is 0.0120. The summed E-state index contributed by atoms with van der Waals surface area (Å²) in [7, 11) is 0.